The van der Waals surface area contributed by atoms with E-state index >= 15 is 0 Å². The average Bonchev–Trinajstić information content (AvgIpc) is 2.53. The highest BCUT2D eigenvalue weighted by Crippen LogP contribution is 2.33. The molecule has 10 heteroatoms. The summed E-state index contributed by atoms with van der Waals surface area (Å²) in [5.74, 6) is -0.422. The largest absolute Gasteiger partial charge is 0.422 e. The molecule has 0 aliphatic rings. The van der Waals surface area contributed by atoms with Crippen molar-refractivity contribution in [1.29, 1.82) is 5.41 Å². The van der Waals surface area contributed by atoms with E-state index in [1.807, 2.05) is 0 Å². The quantitative estimate of drug-likeness (QED) is 0.380. The third-order valence-electron chi connectivity index (χ3n) is 3.00. The molecule has 5 nitrogen and oxygen atoms in total. The number of nitrogens with one attached hydrogen (secondary N) is 2. The van der Waals surface area contributed by atoms with Crippen LogP contribution in [0.4, 0.5) is 23.2 Å². The fraction of sp³-hybridized carbons (Fsp3) is 0.267. The topological polar surface area (TPSA) is 70.9 Å². The third kappa shape index (κ3) is 5.96. The van der Waals surface area contributed by atoms with Crippen LogP contribution in [0.1, 0.15) is 18.4 Å². The van der Waals surface area contributed by atoms with Crippen molar-refractivity contribution in [2.45, 2.75) is 19.0 Å². The molecule has 2 N–H and O–H groups in total. The molecule has 2 aromatic rings. The lowest BCUT2D eigenvalue weighted by Gasteiger charge is -2.16. The van der Waals surface area contributed by atoms with Gasteiger partial charge in [-0.1, -0.05) is 6.07 Å². The molecule has 0 aliphatic carbocycles. The minimum absolute atomic E-state index is 0.0243. The van der Waals surface area contributed by atoms with Crippen LogP contribution in [0.3, 0.4) is 0 Å². The van der Waals surface area contributed by atoms with Gasteiger partial charge in [0.05, 0.1) is 18.1 Å². The van der Waals surface area contributed by atoms with Gasteiger partial charge in [-0.15, -0.1) is 0 Å². The Morgan fingerprint density at radius 3 is 2.52 bits per heavy atom. The maximum atomic E-state index is 12.9. The molecule has 1 aromatic carbocycles. The van der Waals surface area contributed by atoms with E-state index in [0.717, 1.165) is 12.4 Å². The molecule has 2 rings (SSSR count). The normalized spacial score (nSPS) is 11.2. The van der Waals surface area contributed by atoms with E-state index in [4.69, 9.17) is 10.1 Å². The van der Waals surface area contributed by atoms with Gasteiger partial charge < -0.3 is 10.1 Å². The van der Waals surface area contributed by atoms with E-state index in [0.29, 0.717) is 11.3 Å². The summed E-state index contributed by atoms with van der Waals surface area (Å²) in [6, 6.07) is 4.61. The van der Waals surface area contributed by atoms with E-state index in [2.05, 4.69) is 31.2 Å². The Morgan fingerprint density at radius 1 is 1.24 bits per heavy atom. The lowest BCUT2D eigenvalue weighted by molar-refractivity contribution is -0.134. The maximum Gasteiger partial charge on any atom is 0.389 e. The number of ether oxygens (including phenoxy) is 1. The van der Waals surface area contributed by atoms with Gasteiger partial charge in [0, 0.05) is 18.5 Å². The van der Waals surface area contributed by atoms with E-state index < -0.39 is 18.4 Å². The smallest absolute Gasteiger partial charge is 0.389 e. The molecule has 0 amide bonds. The van der Waals surface area contributed by atoms with Crippen molar-refractivity contribution >= 4 is 26.2 Å². The van der Waals surface area contributed by atoms with Gasteiger partial charge in [0.25, 0.3) is 0 Å². The summed E-state index contributed by atoms with van der Waals surface area (Å²) in [5.41, 5.74) is 0.714. The first-order valence-corrected chi connectivity index (χ1v) is 7.89. The molecule has 0 bridgehead atoms. The lowest BCUT2D eigenvalue weighted by Crippen LogP contribution is -2.12. The zero-order chi connectivity index (χ0) is 18.4. The molecule has 134 valence electrons. The molecular weight excluding hydrogens is 408 g/mol. The molecule has 0 atom stereocenters. The summed E-state index contributed by atoms with van der Waals surface area (Å²) in [6.45, 7) is 0.0252. The highest BCUT2D eigenvalue weighted by atomic mass is 79.9. The summed E-state index contributed by atoms with van der Waals surface area (Å²) in [7, 11) is 0. The summed E-state index contributed by atoms with van der Waals surface area (Å²) < 4.78 is 55.1. The Labute approximate surface area is 149 Å². The Kier molecular flexibility index (Phi) is 6.29. The zero-order valence-corrected chi connectivity index (χ0v) is 14.3. The number of hydrogen-bond donors (Lipinski definition) is 2. The highest BCUT2D eigenvalue weighted by Gasteiger charge is 2.26. The minimum Gasteiger partial charge on any atom is -0.422 e. The van der Waals surface area contributed by atoms with Crippen LogP contribution < -0.4 is 10.1 Å². The summed E-state index contributed by atoms with van der Waals surface area (Å²) in [6.07, 6.45) is -3.44. The molecule has 0 fully saturated rings. The average molecular weight is 421 g/mol. The van der Waals surface area contributed by atoms with Gasteiger partial charge >= 0.3 is 12.2 Å². The Morgan fingerprint density at radius 2 is 1.92 bits per heavy atom. The fourth-order valence-electron chi connectivity index (χ4n) is 1.94. The molecule has 0 unspecified atom stereocenters. The maximum absolute atomic E-state index is 12.9. The van der Waals surface area contributed by atoms with Crippen molar-refractivity contribution in [3.05, 3.63) is 42.0 Å². The molecule has 0 radical (unpaired) electrons. The van der Waals surface area contributed by atoms with Gasteiger partial charge in [0.2, 0.25) is 0 Å². The fourth-order valence-corrected chi connectivity index (χ4v) is 2.27. The van der Waals surface area contributed by atoms with E-state index in [-0.39, 0.29) is 29.3 Å². The van der Waals surface area contributed by atoms with Crippen LogP contribution in [0.25, 0.3) is 0 Å². The predicted octanol–water partition coefficient (Wildman–Crippen LogP) is 4.88. The SMILES string of the molecule is N=C(Br)c1cccc(Oc2ncc(F)cn2)c1NCCCC(F)(F)F. The van der Waals surface area contributed by atoms with Gasteiger partial charge in [-0.3, -0.25) is 5.41 Å². The Bertz CT molecular complexity index is 737. The number of halogens is 5. The first-order chi connectivity index (χ1) is 11.8. The molecule has 0 saturated carbocycles. The molecule has 0 spiro atoms. The summed E-state index contributed by atoms with van der Waals surface area (Å²) >= 11 is 3.03. The van der Waals surface area contributed by atoms with Gasteiger partial charge in [-0.05, 0) is 34.5 Å². The number of rotatable bonds is 7. The molecular formula is C15H13BrF4N4O. The second kappa shape index (κ2) is 8.24. The van der Waals surface area contributed by atoms with Gasteiger partial charge in [0.1, 0.15) is 4.62 Å². The predicted molar refractivity (Wildman–Crippen MR) is 88.0 cm³/mol. The van der Waals surface area contributed by atoms with Crippen LogP contribution >= 0.6 is 15.9 Å². The lowest BCUT2D eigenvalue weighted by atomic mass is 10.1. The van der Waals surface area contributed by atoms with E-state index in [1.165, 1.54) is 6.07 Å². The Hall–Kier alpha value is -2.23. The number of nitrogens with zero attached hydrogens (tertiary/aromatic N) is 2. The van der Waals surface area contributed by atoms with E-state index in [1.54, 1.807) is 12.1 Å². The van der Waals surface area contributed by atoms with Crippen molar-refractivity contribution in [2.24, 2.45) is 0 Å². The number of aromatic nitrogens is 2. The number of alkyl halides is 3. The first kappa shape index (κ1) is 19.1. The van der Waals surface area contributed by atoms with Crippen LogP contribution in [0.15, 0.2) is 30.6 Å². The second-order valence-corrected chi connectivity index (χ2v) is 5.72. The van der Waals surface area contributed by atoms with Crippen molar-refractivity contribution in [2.75, 3.05) is 11.9 Å². The Balaban J connectivity index is 2.19. The number of benzene rings is 1. The monoisotopic (exact) mass is 420 g/mol. The van der Waals surface area contributed by atoms with Gasteiger partial charge in [-0.2, -0.15) is 13.2 Å². The third-order valence-corrected chi connectivity index (χ3v) is 3.43. The number of para-hydroxylation sites is 1. The van der Waals surface area contributed by atoms with Crippen LogP contribution in [0, 0.1) is 11.2 Å². The molecule has 1 aromatic heterocycles. The number of anilines is 1. The first-order valence-electron chi connectivity index (χ1n) is 7.10. The second-order valence-electron chi connectivity index (χ2n) is 4.92. The highest BCUT2D eigenvalue weighted by molar-refractivity contribution is 9.18. The molecule has 25 heavy (non-hydrogen) atoms. The van der Waals surface area contributed by atoms with Crippen molar-refractivity contribution in [1.82, 2.24) is 9.97 Å². The zero-order valence-electron chi connectivity index (χ0n) is 12.7. The number of hydrogen-bond acceptors (Lipinski definition) is 5. The minimum atomic E-state index is -4.23. The molecule has 0 saturated heterocycles. The summed E-state index contributed by atoms with van der Waals surface area (Å²) in [4.78, 5) is 7.34. The van der Waals surface area contributed by atoms with E-state index in [9.17, 15) is 17.6 Å². The van der Waals surface area contributed by atoms with Crippen molar-refractivity contribution in [3.8, 4) is 11.8 Å². The molecule has 1 heterocycles. The van der Waals surface area contributed by atoms with Crippen LogP contribution in [-0.4, -0.2) is 27.3 Å². The van der Waals surface area contributed by atoms with Crippen LogP contribution in [0.2, 0.25) is 0 Å². The van der Waals surface area contributed by atoms with Crippen molar-refractivity contribution < 1.29 is 22.3 Å². The van der Waals surface area contributed by atoms with Crippen LogP contribution in [-0.2, 0) is 0 Å². The van der Waals surface area contributed by atoms with Gasteiger partial charge in [-0.25, -0.2) is 14.4 Å². The standard InChI is InChI=1S/C15H13BrF4N4O/c16-13(21)10-3-1-4-11(25-14-23-7-9(17)8-24-14)12(10)22-6-2-5-15(18,19)20/h1,3-4,7-8,21-22H,2,5-6H2. The summed E-state index contributed by atoms with van der Waals surface area (Å²) in [5, 5.41) is 10.6. The molecule has 0 aliphatic heterocycles. The van der Waals surface area contributed by atoms with Gasteiger partial charge in [0.15, 0.2) is 11.6 Å². The van der Waals surface area contributed by atoms with Crippen molar-refractivity contribution in [3.63, 3.8) is 0 Å². The van der Waals surface area contributed by atoms with Crippen LogP contribution in [0.5, 0.6) is 11.8 Å².